The molecule has 0 bridgehead atoms. The summed E-state index contributed by atoms with van der Waals surface area (Å²) in [4.78, 5) is 29.0. The molecular weight excluding hydrogens is 411 g/mol. The summed E-state index contributed by atoms with van der Waals surface area (Å²) in [6.07, 6.45) is 2.49. The fourth-order valence-corrected chi connectivity index (χ4v) is 5.60. The standard InChI is InChI=1S/C25H27FN2O2S/c1-5-28-21-13-20(26)18(11-19(21)16(2)14-25(28,3)4)12-22-23(29)27(24(30)31-22)15-17-9-7-6-8-10-17/h6-13,16H,5,14-15H2,1-4H3/b22-12+. The summed E-state index contributed by atoms with van der Waals surface area (Å²) in [7, 11) is 0. The van der Waals surface area contributed by atoms with Gasteiger partial charge in [-0.15, -0.1) is 0 Å². The summed E-state index contributed by atoms with van der Waals surface area (Å²) in [5.74, 6) is -0.481. The quantitative estimate of drug-likeness (QED) is 0.535. The molecule has 31 heavy (non-hydrogen) atoms. The molecule has 2 aliphatic heterocycles. The fraction of sp³-hybridized carbons (Fsp3) is 0.360. The molecule has 4 rings (SSSR count). The number of amides is 2. The molecule has 1 fully saturated rings. The lowest BCUT2D eigenvalue weighted by molar-refractivity contribution is -0.123. The van der Waals surface area contributed by atoms with E-state index in [2.05, 4.69) is 32.6 Å². The molecule has 0 aliphatic carbocycles. The number of thioether (sulfide) groups is 1. The maximum Gasteiger partial charge on any atom is 0.293 e. The zero-order valence-electron chi connectivity index (χ0n) is 18.3. The van der Waals surface area contributed by atoms with Crippen LogP contribution in [0.1, 0.15) is 56.7 Å². The number of nitrogens with zero attached hydrogens (tertiary/aromatic N) is 2. The van der Waals surface area contributed by atoms with E-state index >= 15 is 4.39 Å². The molecule has 1 unspecified atom stereocenters. The Morgan fingerprint density at radius 3 is 2.58 bits per heavy atom. The first-order valence-electron chi connectivity index (χ1n) is 10.6. The van der Waals surface area contributed by atoms with Crippen LogP contribution in [0.25, 0.3) is 6.08 Å². The summed E-state index contributed by atoms with van der Waals surface area (Å²) < 4.78 is 15.1. The first kappa shape index (κ1) is 21.6. The number of fused-ring (bicyclic) bond motifs is 1. The van der Waals surface area contributed by atoms with E-state index in [0.717, 1.165) is 41.5 Å². The van der Waals surface area contributed by atoms with Crippen molar-refractivity contribution in [1.82, 2.24) is 4.90 Å². The van der Waals surface area contributed by atoms with Gasteiger partial charge < -0.3 is 4.90 Å². The topological polar surface area (TPSA) is 40.6 Å². The minimum atomic E-state index is -0.378. The lowest BCUT2D eigenvalue weighted by Crippen LogP contribution is -2.48. The number of imide groups is 1. The van der Waals surface area contributed by atoms with Crippen molar-refractivity contribution in [1.29, 1.82) is 0 Å². The summed E-state index contributed by atoms with van der Waals surface area (Å²) in [6, 6.07) is 12.8. The number of halogens is 1. The molecule has 0 radical (unpaired) electrons. The molecule has 0 saturated carbocycles. The van der Waals surface area contributed by atoms with Crippen molar-refractivity contribution in [3.63, 3.8) is 0 Å². The van der Waals surface area contributed by atoms with Crippen molar-refractivity contribution >= 4 is 34.7 Å². The van der Waals surface area contributed by atoms with Crippen molar-refractivity contribution in [2.45, 2.75) is 52.1 Å². The summed E-state index contributed by atoms with van der Waals surface area (Å²) in [5, 5.41) is -0.328. The number of hydrogen-bond donors (Lipinski definition) is 0. The highest BCUT2D eigenvalue weighted by Crippen LogP contribution is 2.44. The van der Waals surface area contributed by atoms with Crippen molar-refractivity contribution in [3.8, 4) is 0 Å². The van der Waals surface area contributed by atoms with Crippen LogP contribution in [-0.2, 0) is 11.3 Å². The average molecular weight is 439 g/mol. The molecule has 1 atom stereocenters. The largest absolute Gasteiger partial charge is 0.366 e. The molecule has 2 aliphatic rings. The van der Waals surface area contributed by atoms with E-state index in [1.807, 2.05) is 36.4 Å². The number of carbonyl (C=O) groups excluding carboxylic acids is 2. The summed E-state index contributed by atoms with van der Waals surface area (Å²) >= 11 is 0.869. The van der Waals surface area contributed by atoms with E-state index in [1.165, 1.54) is 11.0 Å². The Balaban J connectivity index is 1.66. The predicted molar refractivity (Wildman–Crippen MR) is 124 cm³/mol. The maximum absolute atomic E-state index is 15.1. The van der Waals surface area contributed by atoms with E-state index in [-0.39, 0.29) is 39.9 Å². The molecular formula is C25H27FN2O2S. The van der Waals surface area contributed by atoms with Crippen LogP contribution in [-0.4, -0.2) is 28.1 Å². The van der Waals surface area contributed by atoms with E-state index < -0.39 is 0 Å². The Bertz CT molecular complexity index is 1060. The first-order chi connectivity index (χ1) is 14.7. The highest BCUT2D eigenvalue weighted by atomic mass is 32.2. The van der Waals surface area contributed by atoms with Gasteiger partial charge in [-0.2, -0.15) is 0 Å². The highest BCUT2D eigenvalue weighted by Gasteiger charge is 2.37. The van der Waals surface area contributed by atoms with Crippen LogP contribution in [0, 0.1) is 5.82 Å². The van der Waals surface area contributed by atoms with Crippen LogP contribution in [0.2, 0.25) is 0 Å². The van der Waals surface area contributed by atoms with E-state index in [1.54, 1.807) is 6.07 Å². The van der Waals surface area contributed by atoms with Gasteiger partial charge in [0, 0.05) is 23.3 Å². The van der Waals surface area contributed by atoms with Crippen LogP contribution in [0.15, 0.2) is 47.4 Å². The predicted octanol–water partition coefficient (Wildman–Crippen LogP) is 6.17. The van der Waals surface area contributed by atoms with Crippen LogP contribution < -0.4 is 4.90 Å². The van der Waals surface area contributed by atoms with E-state index in [4.69, 9.17) is 0 Å². The van der Waals surface area contributed by atoms with Gasteiger partial charge in [0.1, 0.15) is 5.82 Å². The summed E-state index contributed by atoms with van der Waals surface area (Å²) in [5.41, 5.74) is 3.18. The fourth-order valence-electron chi connectivity index (χ4n) is 4.77. The number of benzene rings is 2. The minimum Gasteiger partial charge on any atom is -0.366 e. The van der Waals surface area contributed by atoms with Gasteiger partial charge in [0.05, 0.1) is 11.4 Å². The monoisotopic (exact) mass is 438 g/mol. The van der Waals surface area contributed by atoms with Gasteiger partial charge >= 0.3 is 0 Å². The normalized spacial score (nSPS) is 21.7. The highest BCUT2D eigenvalue weighted by molar-refractivity contribution is 8.18. The molecule has 1 saturated heterocycles. The van der Waals surface area contributed by atoms with Gasteiger partial charge in [-0.1, -0.05) is 37.3 Å². The number of anilines is 1. The van der Waals surface area contributed by atoms with Gasteiger partial charge in [-0.3, -0.25) is 14.5 Å². The SMILES string of the molecule is CCN1c2cc(F)c(/C=C3/SC(=O)N(Cc4ccccc4)C3=O)cc2C(C)CC1(C)C. The molecule has 0 spiro atoms. The molecule has 4 nitrogen and oxygen atoms in total. The molecule has 162 valence electrons. The summed E-state index contributed by atoms with van der Waals surface area (Å²) in [6.45, 7) is 9.62. The second-order valence-corrected chi connectivity index (χ2v) is 9.84. The Morgan fingerprint density at radius 2 is 1.90 bits per heavy atom. The van der Waals surface area contributed by atoms with Crippen LogP contribution in [0.4, 0.5) is 14.9 Å². The second-order valence-electron chi connectivity index (χ2n) is 8.85. The van der Waals surface area contributed by atoms with Crippen molar-refractivity contribution in [2.75, 3.05) is 11.4 Å². The lowest BCUT2D eigenvalue weighted by Gasteiger charge is -2.47. The van der Waals surface area contributed by atoms with Gasteiger partial charge in [0.25, 0.3) is 11.1 Å². The minimum absolute atomic E-state index is 0.0464. The third-order valence-electron chi connectivity index (χ3n) is 6.16. The number of hydrogen-bond acceptors (Lipinski definition) is 4. The lowest BCUT2D eigenvalue weighted by atomic mass is 9.79. The molecule has 2 aromatic rings. The Morgan fingerprint density at radius 1 is 1.19 bits per heavy atom. The Labute approximate surface area is 187 Å². The van der Waals surface area contributed by atoms with Gasteiger partial charge in [0.2, 0.25) is 0 Å². The number of carbonyl (C=O) groups is 2. The van der Waals surface area contributed by atoms with Crippen molar-refractivity contribution in [3.05, 3.63) is 69.9 Å². The molecule has 0 N–H and O–H groups in total. The Hall–Kier alpha value is -2.60. The van der Waals surface area contributed by atoms with E-state index in [9.17, 15) is 9.59 Å². The van der Waals surface area contributed by atoms with E-state index in [0.29, 0.717) is 5.56 Å². The third-order valence-corrected chi connectivity index (χ3v) is 7.07. The van der Waals surface area contributed by atoms with Crippen LogP contribution in [0.3, 0.4) is 0 Å². The molecule has 2 amide bonds. The molecule has 6 heteroatoms. The van der Waals surface area contributed by atoms with Crippen LogP contribution in [0.5, 0.6) is 0 Å². The Kier molecular flexibility index (Phi) is 5.69. The van der Waals surface area contributed by atoms with Crippen molar-refractivity contribution < 1.29 is 14.0 Å². The zero-order chi connectivity index (χ0) is 22.3. The van der Waals surface area contributed by atoms with Gasteiger partial charge in [0.15, 0.2) is 0 Å². The zero-order valence-corrected chi connectivity index (χ0v) is 19.1. The second kappa shape index (κ2) is 8.15. The third kappa shape index (κ3) is 4.01. The average Bonchev–Trinajstić information content (AvgIpc) is 2.97. The van der Waals surface area contributed by atoms with Crippen molar-refractivity contribution in [2.24, 2.45) is 0 Å². The van der Waals surface area contributed by atoms with Crippen LogP contribution >= 0.6 is 11.8 Å². The van der Waals surface area contributed by atoms with Gasteiger partial charge in [-0.05, 0) is 74.2 Å². The van der Waals surface area contributed by atoms with Gasteiger partial charge in [-0.25, -0.2) is 4.39 Å². The maximum atomic E-state index is 15.1. The first-order valence-corrected chi connectivity index (χ1v) is 11.4. The molecule has 2 heterocycles. The molecule has 0 aromatic heterocycles. The smallest absolute Gasteiger partial charge is 0.293 e. The number of rotatable bonds is 4. The molecule has 2 aromatic carbocycles.